The molecule has 0 amide bonds. The Hall–Kier alpha value is -4.08. The lowest BCUT2D eigenvalue weighted by atomic mass is 9.86. The maximum Gasteiger partial charge on any atom is 0.380 e. The first kappa shape index (κ1) is 46.9. The van der Waals surface area contributed by atoms with Crippen LogP contribution >= 0.6 is 34.0 Å². The summed E-state index contributed by atoms with van der Waals surface area (Å²) >= 11 is 3.87. The molecule has 0 radical (unpaired) electrons. The lowest BCUT2D eigenvalue weighted by Crippen LogP contribution is -2.48. The van der Waals surface area contributed by atoms with Crippen molar-refractivity contribution in [3.63, 3.8) is 0 Å². The largest absolute Gasteiger partial charge is 0.487 e. The maximum atomic E-state index is 17.2. The SMILES string of the molecule is COCCOc1cc2oc(-c3ccc(C(C)(C)C)cc3)c(C3=C(c4cc(-c5ccc(C(C)(C)C)s5)sc4-c4ccc(C(C)(C)C)s4)C(F)(F)C(F)(F)C3(F)F)c2cc1OCCOC. The van der Waals surface area contributed by atoms with Gasteiger partial charge in [0.05, 0.1) is 18.1 Å². The molecule has 6 aromatic rings. The second kappa shape index (κ2) is 16.7. The number of methoxy groups -OCH3 is 2. The Morgan fingerprint density at radius 1 is 0.556 bits per heavy atom. The predicted molar refractivity (Wildman–Crippen MR) is 245 cm³/mol. The number of rotatable bonds is 13. The van der Waals surface area contributed by atoms with Crippen molar-refractivity contribution in [2.45, 2.75) is 96.3 Å². The van der Waals surface area contributed by atoms with E-state index < -0.39 is 40.0 Å². The van der Waals surface area contributed by atoms with Crippen LogP contribution in [0.15, 0.2) is 71.1 Å². The molecule has 0 spiro atoms. The normalized spacial score (nSPS) is 16.4. The van der Waals surface area contributed by atoms with Gasteiger partial charge in [-0.25, -0.2) is 0 Å². The lowest BCUT2D eigenvalue weighted by molar-refractivity contribution is -0.254. The molecule has 1 aliphatic carbocycles. The van der Waals surface area contributed by atoms with Crippen LogP contribution in [-0.2, 0) is 25.7 Å². The standard InChI is InChI=1S/C49H52F6O5S3/c1-44(2,3)28-14-12-27(13-15-28)42-39(29-24-32(58-22-20-56-10)33(26-31(29)60-42)59-23-21-57-11)41-40(47(50,51)49(54,55)48(41,52)53)30-25-36(34-16-18-37(61-34)45(4,5)6)63-43(30)35-17-19-38(62-35)46(7,8)9/h12-19,24-26H,20-23H2,1-11H3. The molecule has 0 N–H and O–H groups in total. The number of thiophene rings is 3. The van der Waals surface area contributed by atoms with Crippen LogP contribution in [0.5, 0.6) is 11.5 Å². The van der Waals surface area contributed by atoms with Crippen LogP contribution in [0.2, 0.25) is 0 Å². The first-order valence-corrected chi connectivity index (χ1v) is 23.0. The van der Waals surface area contributed by atoms with Crippen molar-refractivity contribution in [3.05, 3.63) is 93.2 Å². The summed E-state index contributed by atoms with van der Waals surface area (Å²) in [5.74, 6) is -16.7. The van der Waals surface area contributed by atoms with E-state index in [1.165, 1.54) is 55.1 Å². The van der Waals surface area contributed by atoms with Gasteiger partial charge in [0.1, 0.15) is 24.6 Å². The Kier molecular flexibility index (Phi) is 12.5. The minimum Gasteiger partial charge on any atom is -0.487 e. The average Bonchev–Trinajstić information content (AvgIpc) is 4.02. The van der Waals surface area contributed by atoms with Gasteiger partial charge in [0, 0.05) is 77.9 Å². The molecule has 2 aromatic carbocycles. The number of hydrogen-bond acceptors (Lipinski definition) is 8. The van der Waals surface area contributed by atoms with Gasteiger partial charge in [-0.05, 0) is 58.2 Å². The topological polar surface area (TPSA) is 50.1 Å². The molecule has 0 atom stereocenters. The van der Waals surface area contributed by atoms with Crippen LogP contribution in [0, 0.1) is 0 Å². The summed E-state index contributed by atoms with van der Waals surface area (Å²) in [4.78, 5) is 3.75. The molecular weight excluding hydrogens is 879 g/mol. The molecule has 0 aliphatic heterocycles. The van der Waals surface area contributed by atoms with Crippen molar-refractivity contribution < 1.29 is 49.7 Å². The number of alkyl halides is 6. The van der Waals surface area contributed by atoms with E-state index in [-0.39, 0.29) is 81.3 Å². The Morgan fingerprint density at radius 2 is 1.08 bits per heavy atom. The van der Waals surface area contributed by atoms with Crippen molar-refractivity contribution >= 4 is 56.1 Å². The number of allylic oxidation sites excluding steroid dienone is 2. The van der Waals surface area contributed by atoms with Gasteiger partial charge in [-0.2, -0.15) is 26.3 Å². The Labute approximate surface area is 376 Å². The number of halogens is 6. The Balaban J connectivity index is 1.61. The highest BCUT2D eigenvalue weighted by atomic mass is 32.1. The summed E-state index contributed by atoms with van der Waals surface area (Å²) in [5, 5.41) is -0.145. The molecule has 338 valence electrons. The van der Waals surface area contributed by atoms with E-state index >= 15 is 26.3 Å². The van der Waals surface area contributed by atoms with E-state index in [4.69, 9.17) is 23.4 Å². The van der Waals surface area contributed by atoms with Gasteiger partial charge in [0.25, 0.3) is 0 Å². The van der Waals surface area contributed by atoms with Crippen LogP contribution < -0.4 is 9.47 Å². The highest BCUT2D eigenvalue weighted by molar-refractivity contribution is 7.26. The zero-order valence-electron chi connectivity index (χ0n) is 37.2. The Bertz CT molecular complexity index is 2640. The summed E-state index contributed by atoms with van der Waals surface area (Å²) in [6.45, 7) is 18.5. The molecule has 0 saturated carbocycles. The molecular formula is C49H52F6O5S3. The molecule has 63 heavy (non-hydrogen) atoms. The average molecular weight is 931 g/mol. The van der Waals surface area contributed by atoms with Gasteiger partial charge in [0.2, 0.25) is 0 Å². The van der Waals surface area contributed by atoms with Crippen molar-refractivity contribution in [2.24, 2.45) is 0 Å². The molecule has 0 bridgehead atoms. The maximum absolute atomic E-state index is 17.2. The monoisotopic (exact) mass is 930 g/mol. The molecule has 0 fully saturated rings. The van der Waals surface area contributed by atoms with Gasteiger partial charge >= 0.3 is 17.8 Å². The molecule has 4 heterocycles. The molecule has 0 unspecified atom stereocenters. The van der Waals surface area contributed by atoms with Crippen LogP contribution in [-0.4, -0.2) is 58.4 Å². The summed E-state index contributed by atoms with van der Waals surface area (Å²) < 4.78 is 130. The van der Waals surface area contributed by atoms with Crippen LogP contribution in [0.25, 0.3) is 52.9 Å². The fraction of sp³-hybridized carbons (Fsp3) is 0.429. The van der Waals surface area contributed by atoms with Crippen molar-refractivity contribution in [1.29, 1.82) is 0 Å². The minimum atomic E-state index is -5.85. The van der Waals surface area contributed by atoms with Gasteiger partial charge in [0.15, 0.2) is 11.5 Å². The second-order valence-corrected chi connectivity index (χ2v) is 22.0. The molecule has 14 heteroatoms. The third-order valence-electron chi connectivity index (χ3n) is 10.9. The third kappa shape index (κ3) is 8.51. The summed E-state index contributed by atoms with van der Waals surface area (Å²) in [6, 6.07) is 18.3. The number of benzene rings is 2. The van der Waals surface area contributed by atoms with E-state index in [0.29, 0.717) is 14.6 Å². The third-order valence-corrected chi connectivity index (χ3v) is 15.5. The van der Waals surface area contributed by atoms with E-state index in [2.05, 4.69) is 0 Å². The van der Waals surface area contributed by atoms with Gasteiger partial charge in [-0.15, -0.1) is 34.0 Å². The zero-order chi connectivity index (χ0) is 46.1. The zero-order valence-corrected chi connectivity index (χ0v) is 39.7. The number of hydrogen-bond donors (Lipinski definition) is 0. The molecule has 1 aliphatic rings. The molecule has 4 aromatic heterocycles. The van der Waals surface area contributed by atoms with Crippen molar-refractivity contribution in [1.82, 2.24) is 0 Å². The van der Waals surface area contributed by atoms with Gasteiger partial charge in [-0.1, -0.05) is 86.6 Å². The first-order valence-electron chi connectivity index (χ1n) is 20.5. The van der Waals surface area contributed by atoms with E-state index in [1.54, 1.807) is 30.3 Å². The number of ether oxygens (including phenoxy) is 4. The summed E-state index contributed by atoms with van der Waals surface area (Å²) in [5.41, 5.74) is -3.86. The van der Waals surface area contributed by atoms with Gasteiger partial charge < -0.3 is 23.4 Å². The van der Waals surface area contributed by atoms with E-state index in [9.17, 15) is 0 Å². The highest BCUT2D eigenvalue weighted by Gasteiger charge is 2.81. The smallest absolute Gasteiger partial charge is 0.380 e. The highest BCUT2D eigenvalue weighted by Crippen LogP contribution is 2.68. The van der Waals surface area contributed by atoms with Crippen molar-refractivity contribution in [3.8, 4) is 42.3 Å². The van der Waals surface area contributed by atoms with Gasteiger partial charge in [-0.3, -0.25) is 0 Å². The molecule has 0 saturated heterocycles. The van der Waals surface area contributed by atoms with Crippen LogP contribution in [0.3, 0.4) is 0 Å². The van der Waals surface area contributed by atoms with E-state index in [0.717, 1.165) is 26.7 Å². The minimum absolute atomic E-state index is 0.00471. The number of fused-ring (bicyclic) bond motifs is 1. The first-order chi connectivity index (χ1) is 29.3. The summed E-state index contributed by atoms with van der Waals surface area (Å²) in [6.07, 6.45) is 0. The van der Waals surface area contributed by atoms with Crippen molar-refractivity contribution in [2.75, 3.05) is 40.6 Å². The fourth-order valence-corrected chi connectivity index (χ4v) is 10.9. The van der Waals surface area contributed by atoms with E-state index in [1.807, 2.05) is 80.5 Å². The lowest BCUT2D eigenvalue weighted by Gasteiger charge is -2.26. The van der Waals surface area contributed by atoms with Crippen LogP contribution in [0.1, 0.15) is 88.8 Å². The second-order valence-electron chi connectivity index (χ2n) is 18.8. The van der Waals surface area contributed by atoms with Crippen LogP contribution in [0.4, 0.5) is 26.3 Å². The quantitative estimate of drug-likeness (QED) is 0.0853. The Morgan fingerprint density at radius 3 is 1.60 bits per heavy atom. The molecule has 5 nitrogen and oxygen atoms in total. The fourth-order valence-electron chi connectivity index (χ4n) is 7.40. The predicted octanol–water partition coefficient (Wildman–Crippen LogP) is 15.4. The summed E-state index contributed by atoms with van der Waals surface area (Å²) in [7, 11) is 2.96. The number of furan rings is 1. The molecule has 7 rings (SSSR count).